The van der Waals surface area contributed by atoms with Gasteiger partial charge in [0.15, 0.2) is 0 Å². The van der Waals surface area contributed by atoms with Crippen LogP contribution in [0.4, 0.5) is 0 Å². The molecule has 2 atom stereocenters. The smallest absolute Gasteiger partial charge is 0.119 e. The standard InChI is InChI=1S/C13H19NO2/c1-9(15-2)8-16-11-4-5-12-10(7-11)3-6-13(12)14/h4-5,7,9,13H,3,6,8,14H2,1-2H3. The first-order valence-electron chi connectivity index (χ1n) is 5.74. The van der Waals surface area contributed by atoms with E-state index in [0.717, 1.165) is 18.6 Å². The van der Waals surface area contributed by atoms with E-state index < -0.39 is 0 Å². The highest BCUT2D eigenvalue weighted by atomic mass is 16.5. The summed E-state index contributed by atoms with van der Waals surface area (Å²) in [6, 6.07) is 6.39. The van der Waals surface area contributed by atoms with Crippen molar-refractivity contribution < 1.29 is 9.47 Å². The van der Waals surface area contributed by atoms with E-state index in [-0.39, 0.29) is 12.1 Å². The molecule has 1 aliphatic carbocycles. The Morgan fingerprint density at radius 3 is 3.06 bits per heavy atom. The zero-order chi connectivity index (χ0) is 11.5. The summed E-state index contributed by atoms with van der Waals surface area (Å²) < 4.78 is 10.8. The molecule has 0 bridgehead atoms. The molecule has 88 valence electrons. The second-order valence-electron chi connectivity index (χ2n) is 4.36. The van der Waals surface area contributed by atoms with Crippen LogP contribution < -0.4 is 10.5 Å². The van der Waals surface area contributed by atoms with Crippen LogP contribution in [0.15, 0.2) is 18.2 Å². The van der Waals surface area contributed by atoms with Gasteiger partial charge < -0.3 is 15.2 Å². The molecule has 16 heavy (non-hydrogen) atoms. The molecule has 0 radical (unpaired) electrons. The molecule has 0 heterocycles. The lowest BCUT2D eigenvalue weighted by Crippen LogP contribution is -2.16. The summed E-state index contributed by atoms with van der Waals surface area (Å²) in [6.45, 7) is 2.57. The predicted octanol–water partition coefficient (Wildman–Crippen LogP) is 2.05. The molecule has 0 aromatic heterocycles. The third-order valence-corrected chi connectivity index (χ3v) is 3.13. The van der Waals surface area contributed by atoms with Crippen molar-refractivity contribution in [3.63, 3.8) is 0 Å². The van der Waals surface area contributed by atoms with Crippen molar-refractivity contribution in [1.29, 1.82) is 0 Å². The molecule has 0 saturated carbocycles. The number of hydrogen-bond donors (Lipinski definition) is 1. The minimum Gasteiger partial charge on any atom is -0.491 e. The van der Waals surface area contributed by atoms with Crippen LogP contribution in [0.5, 0.6) is 5.75 Å². The second kappa shape index (κ2) is 4.85. The number of nitrogens with two attached hydrogens (primary N) is 1. The molecule has 1 aromatic carbocycles. The van der Waals surface area contributed by atoms with E-state index in [0.29, 0.717) is 6.61 Å². The molecular weight excluding hydrogens is 202 g/mol. The van der Waals surface area contributed by atoms with Gasteiger partial charge in [-0.25, -0.2) is 0 Å². The molecule has 2 N–H and O–H groups in total. The van der Waals surface area contributed by atoms with Gasteiger partial charge in [0.25, 0.3) is 0 Å². The van der Waals surface area contributed by atoms with E-state index in [1.807, 2.05) is 13.0 Å². The summed E-state index contributed by atoms with van der Waals surface area (Å²) in [4.78, 5) is 0. The lowest BCUT2D eigenvalue weighted by atomic mass is 10.1. The van der Waals surface area contributed by atoms with Crippen LogP contribution in [-0.2, 0) is 11.2 Å². The van der Waals surface area contributed by atoms with Crippen LogP contribution in [0.25, 0.3) is 0 Å². The zero-order valence-corrected chi connectivity index (χ0v) is 9.90. The van der Waals surface area contributed by atoms with Gasteiger partial charge in [-0.15, -0.1) is 0 Å². The Kier molecular flexibility index (Phi) is 3.46. The van der Waals surface area contributed by atoms with Crippen LogP contribution in [0.3, 0.4) is 0 Å². The number of methoxy groups -OCH3 is 1. The van der Waals surface area contributed by atoms with Gasteiger partial charge in [0.1, 0.15) is 12.4 Å². The Labute approximate surface area is 96.5 Å². The first kappa shape index (κ1) is 11.4. The number of fused-ring (bicyclic) bond motifs is 1. The predicted molar refractivity (Wildman–Crippen MR) is 63.7 cm³/mol. The number of benzene rings is 1. The largest absolute Gasteiger partial charge is 0.491 e. The molecule has 0 amide bonds. The van der Waals surface area contributed by atoms with Gasteiger partial charge in [-0.3, -0.25) is 0 Å². The summed E-state index contributed by atoms with van der Waals surface area (Å²) in [5.41, 5.74) is 8.58. The summed E-state index contributed by atoms with van der Waals surface area (Å²) in [7, 11) is 1.69. The Morgan fingerprint density at radius 2 is 2.31 bits per heavy atom. The minimum absolute atomic E-state index is 0.121. The molecule has 0 spiro atoms. The SMILES string of the molecule is COC(C)COc1ccc2c(c1)CCC2N. The molecule has 0 fully saturated rings. The summed E-state index contributed by atoms with van der Waals surface area (Å²) >= 11 is 0. The molecule has 1 aliphatic rings. The zero-order valence-electron chi connectivity index (χ0n) is 9.90. The highest BCUT2D eigenvalue weighted by Crippen LogP contribution is 2.31. The van der Waals surface area contributed by atoms with Crippen molar-refractivity contribution in [2.24, 2.45) is 5.73 Å². The van der Waals surface area contributed by atoms with Gasteiger partial charge >= 0.3 is 0 Å². The minimum atomic E-state index is 0.121. The fourth-order valence-corrected chi connectivity index (χ4v) is 2.00. The third kappa shape index (κ3) is 2.36. The third-order valence-electron chi connectivity index (χ3n) is 3.13. The Hall–Kier alpha value is -1.06. The fraction of sp³-hybridized carbons (Fsp3) is 0.538. The van der Waals surface area contributed by atoms with Crippen molar-refractivity contribution in [2.75, 3.05) is 13.7 Å². The maximum Gasteiger partial charge on any atom is 0.119 e. The second-order valence-corrected chi connectivity index (χ2v) is 4.36. The first-order chi connectivity index (χ1) is 7.70. The van der Waals surface area contributed by atoms with Gasteiger partial charge in [0, 0.05) is 13.2 Å². The van der Waals surface area contributed by atoms with E-state index in [1.165, 1.54) is 11.1 Å². The Morgan fingerprint density at radius 1 is 1.50 bits per heavy atom. The average molecular weight is 221 g/mol. The number of ether oxygens (including phenoxy) is 2. The van der Waals surface area contributed by atoms with Crippen LogP contribution in [0.1, 0.15) is 30.5 Å². The lowest BCUT2D eigenvalue weighted by Gasteiger charge is -2.12. The van der Waals surface area contributed by atoms with Crippen molar-refractivity contribution in [3.8, 4) is 5.75 Å². The number of aryl methyl sites for hydroxylation is 1. The van der Waals surface area contributed by atoms with Crippen molar-refractivity contribution in [2.45, 2.75) is 31.9 Å². The van der Waals surface area contributed by atoms with Crippen LogP contribution in [0, 0.1) is 0 Å². The first-order valence-corrected chi connectivity index (χ1v) is 5.74. The van der Waals surface area contributed by atoms with Gasteiger partial charge in [-0.1, -0.05) is 6.07 Å². The molecule has 0 saturated heterocycles. The lowest BCUT2D eigenvalue weighted by molar-refractivity contribution is 0.0716. The maximum atomic E-state index is 5.98. The Balaban J connectivity index is 2.02. The number of hydrogen-bond acceptors (Lipinski definition) is 3. The van der Waals surface area contributed by atoms with Gasteiger partial charge in [-0.05, 0) is 43.0 Å². The van der Waals surface area contributed by atoms with Crippen LogP contribution >= 0.6 is 0 Å². The summed E-state index contributed by atoms with van der Waals surface area (Å²) in [5, 5.41) is 0. The van der Waals surface area contributed by atoms with Crippen molar-refractivity contribution >= 4 is 0 Å². The quantitative estimate of drug-likeness (QED) is 0.846. The molecule has 2 unspecified atom stereocenters. The summed E-state index contributed by atoms with van der Waals surface area (Å²) in [5.74, 6) is 0.914. The molecular formula is C13H19NO2. The highest BCUT2D eigenvalue weighted by molar-refractivity contribution is 5.40. The van der Waals surface area contributed by atoms with E-state index in [2.05, 4.69) is 12.1 Å². The molecule has 2 rings (SSSR count). The van der Waals surface area contributed by atoms with Gasteiger partial charge in [0.05, 0.1) is 6.10 Å². The molecule has 0 aliphatic heterocycles. The van der Waals surface area contributed by atoms with Crippen LogP contribution in [0.2, 0.25) is 0 Å². The topological polar surface area (TPSA) is 44.5 Å². The molecule has 3 nitrogen and oxygen atoms in total. The van der Waals surface area contributed by atoms with E-state index in [9.17, 15) is 0 Å². The van der Waals surface area contributed by atoms with Crippen molar-refractivity contribution in [1.82, 2.24) is 0 Å². The summed E-state index contributed by atoms with van der Waals surface area (Å²) in [6.07, 6.45) is 2.23. The maximum absolute atomic E-state index is 5.98. The highest BCUT2D eigenvalue weighted by Gasteiger charge is 2.19. The van der Waals surface area contributed by atoms with Gasteiger partial charge in [0.2, 0.25) is 0 Å². The number of rotatable bonds is 4. The average Bonchev–Trinajstić information content (AvgIpc) is 2.67. The molecule has 1 aromatic rings. The fourth-order valence-electron chi connectivity index (χ4n) is 2.00. The van der Waals surface area contributed by atoms with E-state index >= 15 is 0 Å². The normalized spacial score (nSPS) is 20.6. The molecule has 3 heteroatoms. The van der Waals surface area contributed by atoms with E-state index in [4.69, 9.17) is 15.2 Å². The van der Waals surface area contributed by atoms with Gasteiger partial charge in [-0.2, -0.15) is 0 Å². The van der Waals surface area contributed by atoms with Crippen molar-refractivity contribution in [3.05, 3.63) is 29.3 Å². The monoisotopic (exact) mass is 221 g/mol. The van der Waals surface area contributed by atoms with Crippen LogP contribution in [-0.4, -0.2) is 19.8 Å². The Bertz CT molecular complexity index is 365. The van der Waals surface area contributed by atoms with E-state index in [1.54, 1.807) is 7.11 Å².